The number of aromatic nitrogens is 2. The van der Waals surface area contributed by atoms with E-state index in [0.717, 1.165) is 28.5 Å². The molecule has 0 aliphatic carbocycles. The summed E-state index contributed by atoms with van der Waals surface area (Å²) in [5, 5.41) is 2.77. The van der Waals surface area contributed by atoms with Gasteiger partial charge in [-0.05, 0) is 44.0 Å². The summed E-state index contributed by atoms with van der Waals surface area (Å²) in [6, 6.07) is 7.55. The van der Waals surface area contributed by atoms with Crippen molar-refractivity contribution in [3.05, 3.63) is 71.0 Å². The van der Waals surface area contributed by atoms with Gasteiger partial charge in [0.2, 0.25) is 5.78 Å². The van der Waals surface area contributed by atoms with Crippen LogP contribution in [0.5, 0.6) is 11.5 Å². The lowest BCUT2D eigenvalue weighted by Crippen LogP contribution is -2.13. The van der Waals surface area contributed by atoms with E-state index in [0.29, 0.717) is 17.1 Å². The molecule has 2 aromatic heterocycles. The van der Waals surface area contributed by atoms with Crippen LogP contribution in [0, 0.1) is 13.8 Å². The van der Waals surface area contributed by atoms with E-state index in [1.54, 1.807) is 13.3 Å². The molecule has 0 spiro atoms. The molecule has 140 valence electrons. The number of hydrogen-bond donors (Lipinski definition) is 0. The fourth-order valence-corrected chi connectivity index (χ4v) is 3.76. The normalized spacial score (nSPS) is 10.6. The van der Waals surface area contributed by atoms with Crippen molar-refractivity contribution in [3.63, 3.8) is 0 Å². The number of ketones is 1. The molecule has 0 saturated heterocycles. The van der Waals surface area contributed by atoms with Gasteiger partial charge in [-0.3, -0.25) is 9.36 Å². The van der Waals surface area contributed by atoms with Crippen LogP contribution in [0.4, 0.5) is 0 Å². The smallest absolute Gasteiger partial charge is 0.202 e. The topological polar surface area (TPSA) is 53.4 Å². The lowest BCUT2D eigenvalue weighted by atomic mass is 10.1. The zero-order chi connectivity index (χ0) is 19.4. The first-order valence-electron chi connectivity index (χ1n) is 8.57. The van der Waals surface area contributed by atoms with Crippen LogP contribution in [-0.4, -0.2) is 29.1 Å². The molecule has 3 rings (SSSR count). The zero-order valence-corrected chi connectivity index (χ0v) is 16.5. The highest BCUT2D eigenvalue weighted by Crippen LogP contribution is 2.29. The quantitative estimate of drug-likeness (QED) is 0.424. The maximum atomic E-state index is 12.7. The van der Waals surface area contributed by atoms with Crippen LogP contribution in [-0.2, 0) is 6.42 Å². The van der Waals surface area contributed by atoms with Crippen LogP contribution < -0.4 is 9.47 Å². The molecule has 0 bridgehead atoms. The minimum absolute atomic E-state index is 0.0562. The van der Waals surface area contributed by atoms with Gasteiger partial charge in [0, 0.05) is 28.5 Å². The monoisotopic (exact) mass is 382 g/mol. The number of thiazole rings is 1. The third-order valence-electron chi connectivity index (χ3n) is 4.31. The molecule has 2 heterocycles. The lowest BCUT2D eigenvalue weighted by molar-refractivity contribution is 0.0919. The van der Waals surface area contributed by atoms with E-state index in [1.807, 2.05) is 54.1 Å². The number of methoxy groups -OCH3 is 1. The van der Waals surface area contributed by atoms with Gasteiger partial charge in [0.05, 0.1) is 7.11 Å². The maximum absolute atomic E-state index is 12.7. The van der Waals surface area contributed by atoms with Crippen LogP contribution in [0.2, 0.25) is 0 Å². The van der Waals surface area contributed by atoms with Crippen LogP contribution in [0.25, 0.3) is 5.13 Å². The summed E-state index contributed by atoms with van der Waals surface area (Å²) in [5.41, 5.74) is 3.55. The number of Topliss-reactive ketones (excluding diaryl/α,β-unsaturated/α-hetero) is 1. The fraction of sp³-hybridized carbons (Fsp3) is 0.238. The van der Waals surface area contributed by atoms with E-state index in [2.05, 4.69) is 11.6 Å². The van der Waals surface area contributed by atoms with Gasteiger partial charge in [-0.25, -0.2) is 4.98 Å². The highest BCUT2D eigenvalue weighted by atomic mass is 32.1. The molecule has 0 radical (unpaired) electrons. The number of nitrogens with zero attached hydrogens (tertiary/aromatic N) is 2. The number of hydrogen-bond acceptors (Lipinski definition) is 5. The van der Waals surface area contributed by atoms with E-state index in [-0.39, 0.29) is 12.4 Å². The lowest BCUT2D eigenvalue weighted by Gasteiger charge is -2.11. The van der Waals surface area contributed by atoms with Gasteiger partial charge in [-0.1, -0.05) is 12.1 Å². The van der Waals surface area contributed by atoms with Gasteiger partial charge in [0.25, 0.3) is 0 Å². The molecule has 1 aromatic carbocycles. The van der Waals surface area contributed by atoms with E-state index in [9.17, 15) is 4.79 Å². The maximum Gasteiger partial charge on any atom is 0.202 e. The molecule has 6 heteroatoms. The number of aryl methyl sites for hydroxylation is 1. The number of ether oxygens (including phenoxy) is 2. The molecule has 0 aliphatic heterocycles. The van der Waals surface area contributed by atoms with Crippen molar-refractivity contribution < 1.29 is 14.3 Å². The summed E-state index contributed by atoms with van der Waals surface area (Å²) >= 11 is 1.54. The Bertz CT molecular complexity index is 958. The molecule has 0 aliphatic rings. The second-order valence-electron chi connectivity index (χ2n) is 6.12. The second-order valence-corrected chi connectivity index (χ2v) is 7.00. The van der Waals surface area contributed by atoms with Gasteiger partial charge in [0.15, 0.2) is 23.2 Å². The van der Waals surface area contributed by atoms with E-state index in [4.69, 9.17) is 9.47 Å². The Balaban J connectivity index is 1.77. The largest absolute Gasteiger partial charge is 0.493 e. The molecular formula is C21H22N2O3S. The van der Waals surface area contributed by atoms with E-state index >= 15 is 0 Å². The van der Waals surface area contributed by atoms with Gasteiger partial charge >= 0.3 is 0 Å². The van der Waals surface area contributed by atoms with Crippen molar-refractivity contribution in [2.75, 3.05) is 13.7 Å². The number of allylic oxidation sites excluding steroid dienone is 1. The third kappa shape index (κ3) is 3.95. The van der Waals surface area contributed by atoms with Crippen LogP contribution in [0.3, 0.4) is 0 Å². The number of carbonyl (C=O) groups is 1. The van der Waals surface area contributed by atoms with Gasteiger partial charge in [-0.15, -0.1) is 17.9 Å². The Kier molecular flexibility index (Phi) is 5.76. The van der Waals surface area contributed by atoms with Crippen molar-refractivity contribution in [2.45, 2.75) is 20.3 Å². The summed E-state index contributed by atoms with van der Waals surface area (Å²) in [6.45, 7) is 7.57. The number of benzene rings is 1. The minimum Gasteiger partial charge on any atom is -0.493 e. The predicted octanol–water partition coefficient (Wildman–Crippen LogP) is 4.55. The molecule has 0 unspecified atom stereocenters. The first-order valence-corrected chi connectivity index (χ1v) is 9.45. The highest BCUT2D eigenvalue weighted by molar-refractivity contribution is 7.12. The Morgan fingerprint density at radius 1 is 1.30 bits per heavy atom. The van der Waals surface area contributed by atoms with Crippen LogP contribution in [0.15, 0.2) is 48.5 Å². The molecule has 0 saturated carbocycles. The van der Waals surface area contributed by atoms with Gasteiger partial charge < -0.3 is 9.47 Å². The van der Waals surface area contributed by atoms with Crippen LogP contribution in [0.1, 0.15) is 27.3 Å². The van der Waals surface area contributed by atoms with Crippen molar-refractivity contribution in [2.24, 2.45) is 0 Å². The Hall–Kier alpha value is -2.86. The third-order valence-corrected chi connectivity index (χ3v) is 5.07. The molecule has 3 aromatic rings. The molecule has 0 atom stereocenters. The number of rotatable bonds is 8. The van der Waals surface area contributed by atoms with Crippen LogP contribution >= 0.6 is 11.3 Å². The van der Waals surface area contributed by atoms with E-state index in [1.165, 1.54) is 11.3 Å². The van der Waals surface area contributed by atoms with E-state index < -0.39 is 0 Å². The van der Waals surface area contributed by atoms with Crippen molar-refractivity contribution in [1.29, 1.82) is 0 Å². The fourth-order valence-electron chi connectivity index (χ4n) is 3.01. The number of carbonyl (C=O) groups excluding carboxylic acids is 1. The van der Waals surface area contributed by atoms with Crippen molar-refractivity contribution >= 4 is 17.1 Å². The predicted molar refractivity (Wildman–Crippen MR) is 108 cm³/mol. The SMILES string of the molecule is C=CCc1ccc(OCC(=O)c2cc(C)n(-c3nccs3)c2C)c(OC)c1. The summed E-state index contributed by atoms with van der Waals surface area (Å²) < 4.78 is 13.1. The molecule has 5 nitrogen and oxygen atoms in total. The summed E-state index contributed by atoms with van der Waals surface area (Å²) in [4.78, 5) is 17.1. The summed E-state index contributed by atoms with van der Waals surface area (Å²) in [6.07, 6.45) is 4.33. The molecule has 0 amide bonds. The molecule has 0 N–H and O–H groups in total. The molecule has 0 fully saturated rings. The summed E-state index contributed by atoms with van der Waals surface area (Å²) in [5.74, 6) is 1.07. The Morgan fingerprint density at radius 2 is 2.11 bits per heavy atom. The highest BCUT2D eigenvalue weighted by Gasteiger charge is 2.18. The van der Waals surface area contributed by atoms with Gasteiger partial charge in [-0.2, -0.15) is 0 Å². The standard InChI is InChI=1S/C21H22N2O3S/c1-5-6-16-7-8-19(20(12-16)25-4)26-13-18(24)17-11-14(2)23(15(17)3)21-22-9-10-27-21/h5,7-12H,1,6,13H2,2-4H3. The molecule has 27 heavy (non-hydrogen) atoms. The summed E-state index contributed by atoms with van der Waals surface area (Å²) in [7, 11) is 1.59. The average Bonchev–Trinajstić information content (AvgIpc) is 3.28. The Labute approximate surface area is 162 Å². The first kappa shape index (κ1) is 18.9. The minimum atomic E-state index is -0.0804. The first-order chi connectivity index (χ1) is 13.0. The Morgan fingerprint density at radius 3 is 2.78 bits per heavy atom. The average molecular weight is 382 g/mol. The zero-order valence-electron chi connectivity index (χ0n) is 15.7. The second kappa shape index (κ2) is 8.22. The van der Waals surface area contributed by atoms with Crippen molar-refractivity contribution in [1.82, 2.24) is 9.55 Å². The molecular weight excluding hydrogens is 360 g/mol. The van der Waals surface area contributed by atoms with Gasteiger partial charge in [0.1, 0.15) is 0 Å². The van der Waals surface area contributed by atoms with Crippen molar-refractivity contribution in [3.8, 4) is 16.6 Å².